The number of phenols is 1. The molecular formula is C14H13BrClNO2. The van der Waals surface area contributed by atoms with Crippen molar-refractivity contribution in [3.8, 4) is 11.5 Å². The van der Waals surface area contributed by atoms with Crippen molar-refractivity contribution < 1.29 is 9.84 Å². The molecule has 0 saturated carbocycles. The maximum absolute atomic E-state index is 9.53. The van der Waals surface area contributed by atoms with E-state index in [1.54, 1.807) is 12.1 Å². The van der Waals surface area contributed by atoms with Gasteiger partial charge in [-0.2, -0.15) is 0 Å². The zero-order valence-electron chi connectivity index (χ0n) is 10.3. The summed E-state index contributed by atoms with van der Waals surface area (Å²) >= 11 is 9.50. The van der Waals surface area contributed by atoms with E-state index >= 15 is 0 Å². The average molecular weight is 343 g/mol. The van der Waals surface area contributed by atoms with E-state index in [0.29, 0.717) is 17.3 Å². The van der Waals surface area contributed by atoms with Crippen LogP contribution in [-0.2, 0) is 6.54 Å². The maximum Gasteiger partial charge on any atom is 0.160 e. The Morgan fingerprint density at radius 1 is 1.26 bits per heavy atom. The zero-order valence-corrected chi connectivity index (χ0v) is 12.6. The maximum atomic E-state index is 9.53. The molecule has 0 aliphatic rings. The molecule has 100 valence electrons. The largest absolute Gasteiger partial charge is 0.504 e. The number of ether oxygens (including phenoxy) is 1. The van der Waals surface area contributed by atoms with Gasteiger partial charge in [0, 0.05) is 11.0 Å². The highest BCUT2D eigenvalue weighted by molar-refractivity contribution is 9.10. The molecule has 5 heteroatoms. The van der Waals surface area contributed by atoms with Gasteiger partial charge in [0.1, 0.15) is 0 Å². The normalized spacial score (nSPS) is 10.3. The van der Waals surface area contributed by atoms with Crippen molar-refractivity contribution in [2.75, 3.05) is 12.4 Å². The standard InChI is InChI=1S/C14H13BrClNO2/c1-19-14-6-9(2-5-13(14)18)8-17-12-7-10(15)3-4-11(12)16/h2-7,17-18H,8H2,1H3. The highest BCUT2D eigenvalue weighted by Gasteiger charge is 2.04. The van der Waals surface area contributed by atoms with Gasteiger partial charge in [-0.3, -0.25) is 0 Å². The Labute approximate surface area is 125 Å². The highest BCUT2D eigenvalue weighted by atomic mass is 79.9. The molecule has 2 aromatic rings. The summed E-state index contributed by atoms with van der Waals surface area (Å²) in [6.45, 7) is 0.590. The predicted octanol–water partition coefficient (Wildman–Crippen LogP) is 4.43. The van der Waals surface area contributed by atoms with Crippen molar-refractivity contribution in [2.24, 2.45) is 0 Å². The van der Waals surface area contributed by atoms with E-state index in [0.717, 1.165) is 15.7 Å². The van der Waals surface area contributed by atoms with Gasteiger partial charge in [-0.25, -0.2) is 0 Å². The highest BCUT2D eigenvalue weighted by Crippen LogP contribution is 2.28. The first-order valence-corrected chi connectivity index (χ1v) is 6.82. The Hall–Kier alpha value is -1.39. The molecule has 0 radical (unpaired) electrons. The van der Waals surface area contributed by atoms with Crippen molar-refractivity contribution in [1.82, 2.24) is 0 Å². The third-order valence-electron chi connectivity index (χ3n) is 2.66. The van der Waals surface area contributed by atoms with Gasteiger partial charge in [0.15, 0.2) is 11.5 Å². The van der Waals surface area contributed by atoms with Crippen molar-refractivity contribution in [3.05, 3.63) is 51.5 Å². The molecular weight excluding hydrogens is 330 g/mol. The Kier molecular flexibility index (Phi) is 4.56. The minimum atomic E-state index is 0.131. The Morgan fingerprint density at radius 2 is 2.05 bits per heavy atom. The topological polar surface area (TPSA) is 41.5 Å². The third kappa shape index (κ3) is 3.55. The van der Waals surface area contributed by atoms with Crippen molar-refractivity contribution in [2.45, 2.75) is 6.54 Å². The number of hydrogen-bond donors (Lipinski definition) is 2. The zero-order chi connectivity index (χ0) is 13.8. The van der Waals surface area contributed by atoms with Gasteiger partial charge in [0.25, 0.3) is 0 Å². The summed E-state index contributed by atoms with van der Waals surface area (Å²) in [7, 11) is 1.53. The smallest absolute Gasteiger partial charge is 0.160 e. The first-order valence-electron chi connectivity index (χ1n) is 5.65. The molecule has 0 aliphatic heterocycles. The summed E-state index contributed by atoms with van der Waals surface area (Å²) in [5.74, 6) is 0.589. The van der Waals surface area contributed by atoms with E-state index < -0.39 is 0 Å². The minimum Gasteiger partial charge on any atom is -0.504 e. The average Bonchev–Trinajstić information content (AvgIpc) is 2.41. The van der Waals surface area contributed by atoms with E-state index in [-0.39, 0.29) is 5.75 Å². The summed E-state index contributed by atoms with van der Waals surface area (Å²) < 4.78 is 6.03. The molecule has 2 aromatic carbocycles. The lowest BCUT2D eigenvalue weighted by molar-refractivity contribution is 0.373. The SMILES string of the molecule is COc1cc(CNc2cc(Br)ccc2Cl)ccc1O. The summed E-state index contributed by atoms with van der Waals surface area (Å²) in [5, 5.41) is 13.4. The summed E-state index contributed by atoms with van der Waals surface area (Å²) in [6.07, 6.45) is 0. The molecule has 0 spiro atoms. The number of benzene rings is 2. The number of aromatic hydroxyl groups is 1. The summed E-state index contributed by atoms with van der Waals surface area (Å²) in [6, 6.07) is 10.9. The van der Waals surface area contributed by atoms with Crippen LogP contribution in [0, 0.1) is 0 Å². The quantitative estimate of drug-likeness (QED) is 0.863. The number of methoxy groups -OCH3 is 1. The van der Waals surface area contributed by atoms with E-state index in [4.69, 9.17) is 16.3 Å². The van der Waals surface area contributed by atoms with Crippen LogP contribution >= 0.6 is 27.5 Å². The molecule has 0 saturated heterocycles. The van der Waals surface area contributed by atoms with Gasteiger partial charge in [-0.15, -0.1) is 0 Å². The Bertz CT molecular complexity index is 590. The number of rotatable bonds is 4. The van der Waals surface area contributed by atoms with Crippen LogP contribution in [-0.4, -0.2) is 12.2 Å². The van der Waals surface area contributed by atoms with E-state index in [1.807, 2.05) is 24.3 Å². The molecule has 0 unspecified atom stereocenters. The fourth-order valence-corrected chi connectivity index (χ4v) is 2.21. The fraction of sp³-hybridized carbons (Fsp3) is 0.143. The second-order valence-corrected chi connectivity index (χ2v) is 5.31. The first-order chi connectivity index (χ1) is 9.10. The van der Waals surface area contributed by atoms with Gasteiger partial charge in [-0.1, -0.05) is 33.6 Å². The number of hydrogen-bond acceptors (Lipinski definition) is 3. The molecule has 19 heavy (non-hydrogen) atoms. The lowest BCUT2D eigenvalue weighted by Gasteiger charge is -2.10. The van der Waals surface area contributed by atoms with Gasteiger partial charge < -0.3 is 15.2 Å². The Balaban J connectivity index is 2.12. The molecule has 0 heterocycles. The molecule has 2 rings (SSSR count). The van der Waals surface area contributed by atoms with Gasteiger partial charge >= 0.3 is 0 Å². The lowest BCUT2D eigenvalue weighted by Crippen LogP contribution is -2.00. The lowest BCUT2D eigenvalue weighted by atomic mass is 10.2. The molecule has 3 nitrogen and oxygen atoms in total. The van der Waals surface area contributed by atoms with E-state index in [1.165, 1.54) is 7.11 Å². The van der Waals surface area contributed by atoms with Crippen LogP contribution in [0.2, 0.25) is 5.02 Å². The summed E-state index contributed by atoms with van der Waals surface area (Å²) in [4.78, 5) is 0. The van der Waals surface area contributed by atoms with Crippen LogP contribution in [0.4, 0.5) is 5.69 Å². The molecule has 0 fully saturated rings. The molecule has 0 amide bonds. The van der Waals surface area contributed by atoms with Crippen LogP contribution in [0.5, 0.6) is 11.5 Å². The number of nitrogens with one attached hydrogen (secondary N) is 1. The fourth-order valence-electron chi connectivity index (χ4n) is 1.66. The predicted molar refractivity (Wildman–Crippen MR) is 81.1 cm³/mol. The van der Waals surface area contributed by atoms with E-state index in [2.05, 4.69) is 21.2 Å². The van der Waals surface area contributed by atoms with Crippen molar-refractivity contribution in [3.63, 3.8) is 0 Å². The minimum absolute atomic E-state index is 0.131. The van der Waals surface area contributed by atoms with Crippen molar-refractivity contribution >= 4 is 33.2 Å². The molecule has 2 N–H and O–H groups in total. The molecule has 0 aliphatic carbocycles. The number of anilines is 1. The molecule has 0 bridgehead atoms. The van der Waals surface area contributed by atoms with Crippen molar-refractivity contribution in [1.29, 1.82) is 0 Å². The summed E-state index contributed by atoms with van der Waals surface area (Å²) in [5.41, 5.74) is 1.84. The van der Waals surface area contributed by atoms with Crippen LogP contribution in [0.1, 0.15) is 5.56 Å². The number of halogens is 2. The monoisotopic (exact) mass is 341 g/mol. The third-order valence-corrected chi connectivity index (χ3v) is 3.48. The van der Waals surface area contributed by atoms with Crippen LogP contribution in [0.15, 0.2) is 40.9 Å². The molecule has 0 atom stereocenters. The Morgan fingerprint density at radius 3 is 2.79 bits per heavy atom. The molecule has 0 aromatic heterocycles. The van der Waals surface area contributed by atoms with Crippen LogP contribution < -0.4 is 10.1 Å². The van der Waals surface area contributed by atoms with Gasteiger partial charge in [-0.05, 0) is 35.9 Å². The van der Waals surface area contributed by atoms with Gasteiger partial charge in [0.05, 0.1) is 17.8 Å². The number of phenolic OH excluding ortho intramolecular Hbond substituents is 1. The second kappa shape index (κ2) is 6.17. The second-order valence-electron chi connectivity index (χ2n) is 3.98. The van der Waals surface area contributed by atoms with Crippen LogP contribution in [0.25, 0.3) is 0 Å². The van der Waals surface area contributed by atoms with Crippen LogP contribution in [0.3, 0.4) is 0 Å². The first kappa shape index (κ1) is 14.0. The van der Waals surface area contributed by atoms with E-state index in [9.17, 15) is 5.11 Å². The van der Waals surface area contributed by atoms with Gasteiger partial charge in [0.2, 0.25) is 0 Å².